The zero-order valence-electron chi connectivity index (χ0n) is 18.3. The number of thiazole rings is 1. The molecule has 1 fully saturated rings. The van der Waals surface area contributed by atoms with Gasteiger partial charge in [0.15, 0.2) is 4.80 Å². The quantitative estimate of drug-likeness (QED) is 0.454. The van der Waals surface area contributed by atoms with Gasteiger partial charge < -0.3 is 9.30 Å². The van der Waals surface area contributed by atoms with Crippen LogP contribution in [0.15, 0.2) is 58.4 Å². The molecule has 0 spiro atoms. The van der Waals surface area contributed by atoms with Crippen molar-refractivity contribution < 1.29 is 17.9 Å². The minimum atomic E-state index is -3.70. The van der Waals surface area contributed by atoms with Gasteiger partial charge in [0.1, 0.15) is 0 Å². The molecule has 176 valence electrons. The van der Waals surface area contributed by atoms with Crippen LogP contribution in [0.5, 0.6) is 0 Å². The van der Waals surface area contributed by atoms with Crippen LogP contribution in [0.25, 0.3) is 10.2 Å². The normalized spacial score (nSPS) is 18.1. The lowest BCUT2D eigenvalue weighted by Gasteiger charge is -2.30. The zero-order chi connectivity index (χ0) is 23.4. The summed E-state index contributed by atoms with van der Waals surface area (Å²) in [6.07, 6.45) is 1.22. The zero-order valence-corrected chi connectivity index (χ0v) is 20.7. The van der Waals surface area contributed by atoms with E-state index in [9.17, 15) is 13.2 Å². The molecule has 1 aromatic heterocycles. The lowest BCUT2D eigenvalue weighted by molar-refractivity contribution is -0.122. The first-order valence-corrected chi connectivity index (χ1v) is 13.5. The summed E-state index contributed by atoms with van der Waals surface area (Å²) in [6, 6.07) is 14.0. The van der Waals surface area contributed by atoms with E-state index in [4.69, 9.17) is 16.3 Å². The molecule has 1 saturated heterocycles. The largest absolute Gasteiger partial charge is 0.380 e. The van der Waals surface area contributed by atoms with Crippen LogP contribution in [-0.2, 0) is 26.1 Å². The van der Waals surface area contributed by atoms with Crippen molar-refractivity contribution in [2.75, 3.05) is 26.3 Å². The van der Waals surface area contributed by atoms with Gasteiger partial charge in [0.2, 0.25) is 10.0 Å². The van der Waals surface area contributed by atoms with Gasteiger partial charge >= 0.3 is 0 Å². The maximum Gasteiger partial charge on any atom is 0.252 e. The van der Waals surface area contributed by atoms with E-state index >= 15 is 0 Å². The summed E-state index contributed by atoms with van der Waals surface area (Å²) >= 11 is 7.35. The van der Waals surface area contributed by atoms with Gasteiger partial charge in [0.05, 0.1) is 27.6 Å². The van der Waals surface area contributed by atoms with Gasteiger partial charge in [-0.15, -0.1) is 0 Å². The molecule has 3 aromatic rings. The van der Waals surface area contributed by atoms with Crippen molar-refractivity contribution in [1.29, 1.82) is 0 Å². The Labute approximate surface area is 202 Å². The second-order valence-corrected chi connectivity index (χ2v) is 11.2. The van der Waals surface area contributed by atoms with Crippen molar-refractivity contribution in [3.63, 3.8) is 0 Å². The van der Waals surface area contributed by atoms with E-state index in [0.717, 1.165) is 10.2 Å². The first-order chi connectivity index (χ1) is 15.9. The lowest BCUT2D eigenvalue weighted by Crippen LogP contribution is -2.42. The van der Waals surface area contributed by atoms with Gasteiger partial charge in [-0.3, -0.25) is 4.79 Å². The van der Waals surface area contributed by atoms with Gasteiger partial charge in [-0.2, -0.15) is 9.30 Å². The third-order valence-electron chi connectivity index (χ3n) is 5.64. The molecule has 4 rings (SSSR count). The molecule has 1 aliphatic rings. The second kappa shape index (κ2) is 10.5. The third kappa shape index (κ3) is 5.38. The fourth-order valence-corrected chi connectivity index (χ4v) is 6.64. The molecule has 2 aromatic carbocycles. The van der Waals surface area contributed by atoms with E-state index in [1.807, 2.05) is 35.8 Å². The third-order valence-corrected chi connectivity index (χ3v) is 8.83. The standard InChI is InChI=1S/C23H26ClN3O4S2/c1-2-31-15-14-27-20-7-3-4-8-21(20)32-23(27)25-22(28)17-6-5-13-26(16-17)33(29,30)19-11-9-18(24)10-12-19/h3-4,7-12,17H,2,5-6,13-16H2,1H3. The number of nitrogens with zero attached hydrogens (tertiary/aromatic N) is 3. The van der Waals surface area contributed by atoms with E-state index in [2.05, 4.69) is 4.99 Å². The van der Waals surface area contributed by atoms with Crippen LogP contribution in [0.4, 0.5) is 0 Å². The van der Waals surface area contributed by atoms with Gasteiger partial charge in [-0.05, 0) is 56.2 Å². The Hall–Kier alpha value is -2.04. The van der Waals surface area contributed by atoms with Crippen LogP contribution in [0, 0.1) is 5.92 Å². The first-order valence-electron chi connectivity index (χ1n) is 10.9. The molecule has 33 heavy (non-hydrogen) atoms. The van der Waals surface area contributed by atoms with Crippen molar-refractivity contribution in [2.45, 2.75) is 31.2 Å². The van der Waals surface area contributed by atoms with Gasteiger partial charge in [-0.1, -0.05) is 35.1 Å². The van der Waals surface area contributed by atoms with E-state index in [0.29, 0.717) is 49.0 Å². The molecule has 1 amide bonds. The highest BCUT2D eigenvalue weighted by Crippen LogP contribution is 2.25. The SMILES string of the molecule is CCOCCn1c(=NC(=O)C2CCCN(S(=O)(=O)c3ccc(Cl)cc3)C2)sc2ccccc21. The molecule has 0 saturated carbocycles. The summed E-state index contributed by atoms with van der Waals surface area (Å²) in [6.45, 7) is 4.18. The second-order valence-electron chi connectivity index (χ2n) is 7.81. The summed E-state index contributed by atoms with van der Waals surface area (Å²) in [7, 11) is -3.70. The predicted molar refractivity (Wildman–Crippen MR) is 130 cm³/mol. The monoisotopic (exact) mass is 507 g/mol. The smallest absolute Gasteiger partial charge is 0.252 e. The van der Waals surface area contributed by atoms with Crippen LogP contribution in [0.1, 0.15) is 19.8 Å². The number of hydrogen-bond acceptors (Lipinski definition) is 5. The van der Waals surface area contributed by atoms with Gasteiger partial charge in [0, 0.05) is 31.3 Å². The number of benzene rings is 2. The highest BCUT2D eigenvalue weighted by Gasteiger charge is 2.33. The minimum Gasteiger partial charge on any atom is -0.380 e. The van der Waals surface area contributed by atoms with E-state index in [1.165, 1.54) is 27.8 Å². The number of carbonyl (C=O) groups excluding carboxylic acids is 1. The number of halogens is 1. The molecule has 10 heteroatoms. The highest BCUT2D eigenvalue weighted by molar-refractivity contribution is 7.89. The maximum absolute atomic E-state index is 13.1. The fourth-order valence-electron chi connectivity index (χ4n) is 3.93. The Morgan fingerprint density at radius 1 is 1.21 bits per heavy atom. The lowest BCUT2D eigenvalue weighted by atomic mass is 9.99. The van der Waals surface area contributed by atoms with Gasteiger partial charge in [-0.25, -0.2) is 8.42 Å². The summed E-state index contributed by atoms with van der Waals surface area (Å²) in [5, 5.41) is 0.473. The van der Waals surface area contributed by atoms with E-state index in [-0.39, 0.29) is 17.3 Å². The number of hydrogen-bond donors (Lipinski definition) is 0. The maximum atomic E-state index is 13.1. The Morgan fingerprint density at radius 2 is 1.97 bits per heavy atom. The molecular weight excluding hydrogens is 482 g/mol. The average molecular weight is 508 g/mol. The highest BCUT2D eigenvalue weighted by atomic mass is 35.5. The van der Waals surface area contributed by atoms with E-state index < -0.39 is 15.9 Å². The summed E-state index contributed by atoms with van der Waals surface area (Å²) < 4.78 is 36.1. The number of carbonyl (C=O) groups is 1. The molecule has 0 radical (unpaired) electrons. The van der Waals surface area contributed by atoms with Crippen LogP contribution in [-0.4, -0.2) is 49.5 Å². The van der Waals surface area contributed by atoms with Crippen molar-refractivity contribution in [3.05, 3.63) is 58.4 Å². The topological polar surface area (TPSA) is 81.0 Å². The Morgan fingerprint density at radius 3 is 2.73 bits per heavy atom. The van der Waals surface area contributed by atoms with Crippen LogP contribution in [0.2, 0.25) is 5.02 Å². The molecule has 0 bridgehead atoms. The molecule has 1 aliphatic heterocycles. The van der Waals surface area contributed by atoms with Crippen LogP contribution < -0.4 is 4.80 Å². The number of piperidine rings is 1. The molecule has 0 aliphatic carbocycles. The summed E-state index contributed by atoms with van der Waals surface area (Å²) in [4.78, 5) is 18.4. The Kier molecular flexibility index (Phi) is 7.65. The Bertz CT molecular complexity index is 1300. The number of aromatic nitrogens is 1. The number of rotatable bonds is 7. The molecule has 0 N–H and O–H groups in total. The van der Waals surface area contributed by atoms with Crippen LogP contribution in [0.3, 0.4) is 0 Å². The number of fused-ring (bicyclic) bond motifs is 1. The fraction of sp³-hybridized carbons (Fsp3) is 0.391. The number of amides is 1. The number of sulfonamides is 1. The first kappa shape index (κ1) is 24.1. The van der Waals surface area contributed by atoms with Crippen molar-refractivity contribution in [2.24, 2.45) is 10.9 Å². The summed E-state index contributed by atoms with van der Waals surface area (Å²) in [5.74, 6) is -0.769. The summed E-state index contributed by atoms with van der Waals surface area (Å²) in [5.41, 5.74) is 1.00. The van der Waals surface area contributed by atoms with Gasteiger partial charge in [0.25, 0.3) is 5.91 Å². The average Bonchev–Trinajstić information content (AvgIpc) is 3.16. The molecule has 2 heterocycles. The molecule has 1 atom stereocenters. The molecule has 7 nitrogen and oxygen atoms in total. The Balaban J connectivity index is 1.59. The van der Waals surface area contributed by atoms with E-state index in [1.54, 1.807) is 12.1 Å². The van der Waals surface area contributed by atoms with Crippen molar-refractivity contribution in [3.8, 4) is 0 Å². The van der Waals surface area contributed by atoms with Crippen LogP contribution >= 0.6 is 22.9 Å². The van der Waals surface area contributed by atoms with Crippen molar-refractivity contribution >= 4 is 49.1 Å². The molecule has 1 unspecified atom stereocenters. The molecular formula is C23H26ClN3O4S2. The number of ether oxygens (including phenoxy) is 1. The minimum absolute atomic E-state index is 0.122. The number of para-hydroxylation sites is 1. The predicted octanol–water partition coefficient (Wildman–Crippen LogP) is 3.92. The van der Waals surface area contributed by atoms with Crippen molar-refractivity contribution in [1.82, 2.24) is 8.87 Å².